The number of morpholine rings is 1. The van der Waals surface area contributed by atoms with E-state index in [1.54, 1.807) is 17.0 Å². The number of carbonyl (C=O) groups excluding carboxylic acids is 1. The minimum absolute atomic E-state index is 0.0892. The molecule has 0 atom stereocenters. The first-order valence-electron chi connectivity index (χ1n) is 9.95. The smallest absolute Gasteiger partial charge is 0.260 e. The molecule has 30 heavy (non-hydrogen) atoms. The van der Waals surface area contributed by atoms with Gasteiger partial charge in [-0.25, -0.2) is 13.8 Å². The minimum atomic E-state index is -0.719. The number of aryl methyl sites for hydroxylation is 1. The Morgan fingerprint density at radius 1 is 1.20 bits per heavy atom. The largest absolute Gasteiger partial charge is 0.379 e. The highest BCUT2D eigenvalue weighted by atomic mass is 32.1. The standard InChI is InChI=1S/C22H23F2N3O2S/c1-15-3-5-16(6-4-15)21(28)27(8-2-7-26-9-11-29-12-10-26)22-25-20-18(24)13-17(23)14-19(20)30-22/h3-6,13-14H,2,7-12H2,1H3. The highest BCUT2D eigenvalue weighted by molar-refractivity contribution is 7.22. The molecule has 0 saturated carbocycles. The second-order valence-electron chi connectivity index (χ2n) is 7.36. The van der Waals surface area contributed by atoms with Gasteiger partial charge in [-0.1, -0.05) is 29.0 Å². The number of ether oxygens (including phenoxy) is 1. The predicted octanol–water partition coefficient (Wildman–Crippen LogP) is 4.25. The van der Waals surface area contributed by atoms with Crippen molar-refractivity contribution < 1.29 is 18.3 Å². The van der Waals surface area contributed by atoms with Crippen LogP contribution in [0.2, 0.25) is 0 Å². The lowest BCUT2D eigenvalue weighted by atomic mass is 10.1. The fourth-order valence-corrected chi connectivity index (χ4v) is 4.50. The van der Waals surface area contributed by atoms with Gasteiger partial charge in [0, 0.05) is 37.8 Å². The van der Waals surface area contributed by atoms with Gasteiger partial charge in [0.2, 0.25) is 0 Å². The zero-order chi connectivity index (χ0) is 21.1. The molecule has 4 rings (SSSR count). The molecule has 2 aromatic carbocycles. The van der Waals surface area contributed by atoms with Crippen LogP contribution in [0.1, 0.15) is 22.3 Å². The van der Waals surface area contributed by atoms with E-state index >= 15 is 0 Å². The Morgan fingerprint density at radius 3 is 2.67 bits per heavy atom. The van der Waals surface area contributed by atoms with Gasteiger partial charge in [0.1, 0.15) is 11.3 Å². The lowest BCUT2D eigenvalue weighted by Gasteiger charge is -2.27. The number of fused-ring (bicyclic) bond motifs is 1. The summed E-state index contributed by atoms with van der Waals surface area (Å²) in [5.41, 5.74) is 1.69. The maximum absolute atomic E-state index is 14.2. The number of hydrogen-bond donors (Lipinski definition) is 0. The van der Waals surface area contributed by atoms with Gasteiger partial charge < -0.3 is 4.74 Å². The Hall–Kier alpha value is -2.42. The molecule has 2 heterocycles. The number of rotatable bonds is 6. The van der Waals surface area contributed by atoms with Crippen LogP contribution in [0.3, 0.4) is 0 Å². The van der Waals surface area contributed by atoms with Crippen molar-refractivity contribution in [1.29, 1.82) is 0 Å². The molecule has 0 bridgehead atoms. The molecular weight excluding hydrogens is 408 g/mol. The van der Waals surface area contributed by atoms with E-state index in [1.807, 2.05) is 19.1 Å². The average molecular weight is 432 g/mol. The van der Waals surface area contributed by atoms with Crippen molar-refractivity contribution in [3.8, 4) is 0 Å². The van der Waals surface area contributed by atoms with Gasteiger partial charge in [0.25, 0.3) is 5.91 Å². The molecule has 0 spiro atoms. The minimum Gasteiger partial charge on any atom is -0.379 e. The van der Waals surface area contributed by atoms with E-state index in [2.05, 4.69) is 9.88 Å². The summed E-state index contributed by atoms with van der Waals surface area (Å²) in [5.74, 6) is -1.57. The van der Waals surface area contributed by atoms with Crippen LogP contribution in [0.5, 0.6) is 0 Å². The molecule has 1 aliphatic rings. The zero-order valence-corrected chi connectivity index (χ0v) is 17.6. The summed E-state index contributed by atoms with van der Waals surface area (Å²) < 4.78 is 33.6. The molecule has 1 fully saturated rings. The number of hydrogen-bond acceptors (Lipinski definition) is 5. The molecule has 0 N–H and O–H groups in total. The summed E-state index contributed by atoms with van der Waals surface area (Å²) in [6, 6.07) is 9.39. The molecule has 1 aliphatic heterocycles. The first kappa shape index (κ1) is 20.8. The summed E-state index contributed by atoms with van der Waals surface area (Å²) in [5, 5.41) is 0.377. The summed E-state index contributed by atoms with van der Waals surface area (Å²) in [6.45, 7) is 6.40. The monoisotopic (exact) mass is 431 g/mol. The number of halogens is 2. The summed E-state index contributed by atoms with van der Waals surface area (Å²) in [7, 11) is 0. The van der Waals surface area contributed by atoms with Gasteiger partial charge >= 0.3 is 0 Å². The summed E-state index contributed by atoms with van der Waals surface area (Å²) >= 11 is 1.13. The second-order valence-corrected chi connectivity index (χ2v) is 8.37. The first-order chi connectivity index (χ1) is 14.5. The average Bonchev–Trinajstić information content (AvgIpc) is 3.16. The predicted molar refractivity (Wildman–Crippen MR) is 114 cm³/mol. The Balaban J connectivity index is 1.59. The maximum atomic E-state index is 14.2. The van der Waals surface area contributed by atoms with Crippen LogP contribution in [-0.4, -0.2) is 55.2 Å². The van der Waals surface area contributed by atoms with Crippen LogP contribution in [0.25, 0.3) is 10.2 Å². The lowest BCUT2D eigenvalue weighted by Crippen LogP contribution is -2.39. The van der Waals surface area contributed by atoms with E-state index in [-0.39, 0.29) is 11.4 Å². The Labute approximate surface area is 177 Å². The van der Waals surface area contributed by atoms with E-state index in [0.717, 1.165) is 49.0 Å². The summed E-state index contributed by atoms with van der Waals surface area (Å²) in [6.07, 6.45) is 0.740. The third kappa shape index (κ3) is 4.66. The fourth-order valence-electron chi connectivity index (χ4n) is 3.47. The van der Waals surface area contributed by atoms with Crippen LogP contribution in [-0.2, 0) is 4.74 Å². The second kappa shape index (κ2) is 9.16. The number of carbonyl (C=O) groups is 1. The van der Waals surface area contributed by atoms with E-state index in [4.69, 9.17) is 4.74 Å². The topological polar surface area (TPSA) is 45.7 Å². The van der Waals surface area contributed by atoms with Crippen molar-refractivity contribution in [1.82, 2.24) is 9.88 Å². The van der Waals surface area contributed by atoms with Crippen LogP contribution in [0, 0.1) is 18.6 Å². The van der Waals surface area contributed by atoms with Crippen molar-refractivity contribution in [2.45, 2.75) is 13.3 Å². The molecule has 3 aromatic rings. The molecular formula is C22H23F2N3O2S. The molecule has 1 aromatic heterocycles. The van der Waals surface area contributed by atoms with Crippen LogP contribution in [0.15, 0.2) is 36.4 Å². The van der Waals surface area contributed by atoms with E-state index < -0.39 is 11.6 Å². The molecule has 8 heteroatoms. The van der Waals surface area contributed by atoms with Gasteiger partial charge in [-0.2, -0.15) is 0 Å². The van der Waals surface area contributed by atoms with Gasteiger partial charge in [-0.3, -0.25) is 14.6 Å². The Morgan fingerprint density at radius 2 is 1.93 bits per heavy atom. The Kier molecular flexibility index (Phi) is 6.36. The number of thiazole rings is 1. The van der Waals surface area contributed by atoms with Crippen LogP contribution >= 0.6 is 11.3 Å². The quantitative estimate of drug-likeness (QED) is 0.585. The lowest BCUT2D eigenvalue weighted by molar-refractivity contribution is 0.0376. The highest BCUT2D eigenvalue weighted by Gasteiger charge is 2.23. The van der Waals surface area contributed by atoms with E-state index in [1.165, 1.54) is 6.07 Å². The summed E-state index contributed by atoms with van der Waals surface area (Å²) in [4.78, 5) is 21.5. The van der Waals surface area contributed by atoms with Crippen molar-refractivity contribution in [2.24, 2.45) is 0 Å². The molecule has 0 aliphatic carbocycles. The highest BCUT2D eigenvalue weighted by Crippen LogP contribution is 2.32. The molecule has 0 unspecified atom stereocenters. The number of benzene rings is 2. The molecule has 1 saturated heterocycles. The number of aromatic nitrogens is 1. The third-order valence-corrected chi connectivity index (χ3v) is 6.16. The molecule has 0 radical (unpaired) electrons. The van der Waals surface area contributed by atoms with Crippen LogP contribution < -0.4 is 4.90 Å². The SMILES string of the molecule is Cc1ccc(C(=O)N(CCCN2CCOCC2)c2nc3c(F)cc(F)cc3s2)cc1. The first-order valence-corrected chi connectivity index (χ1v) is 10.8. The van der Waals surface area contributed by atoms with Crippen molar-refractivity contribution in [3.05, 3.63) is 59.2 Å². The van der Waals surface area contributed by atoms with E-state index in [9.17, 15) is 13.6 Å². The molecule has 5 nitrogen and oxygen atoms in total. The maximum Gasteiger partial charge on any atom is 0.260 e. The molecule has 1 amide bonds. The Bertz CT molecular complexity index is 1030. The van der Waals surface area contributed by atoms with E-state index in [0.29, 0.717) is 35.2 Å². The molecule has 158 valence electrons. The van der Waals surface area contributed by atoms with Gasteiger partial charge in [-0.05, 0) is 31.5 Å². The normalized spacial score (nSPS) is 14.9. The van der Waals surface area contributed by atoms with Gasteiger partial charge in [0.15, 0.2) is 10.9 Å². The number of amides is 1. The zero-order valence-electron chi connectivity index (χ0n) is 16.7. The van der Waals surface area contributed by atoms with Crippen molar-refractivity contribution in [3.63, 3.8) is 0 Å². The van der Waals surface area contributed by atoms with Crippen LogP contribution in [0.4, 0.5) is 13.9 Å². The fraction of sp³-hybridized carbons (Fsp3) is 0.364. The third-order valence-electron chi connectivity index (χ3n) is 5.14. The number of anilines is 1. The van der Waals surface area contributed by atoms with Gasteiger partial charge in [0.05, 0.1) is 17.9 Å². The van der Waals surface area contributed by atoms with Crippen molar-refractivity contribution >= 4 is 32.6 Å². The van der Waals surface area contributed by atoms with Crippen molar-refractivity contribution in [2.75, 3.05) is 44.3 Å². The van der Waals surface area contributed by atoms with Gasteiger partial charge in [-0.15, -0.1) is 0 Å². The number of nitrogens with zero attached hydrogens (tertiary/aromatic N) is 3.